The summed E-state index contributed by atoms with van der Waals surface area (Å²) < 4.78 is 10.8. The summed E-state index contributed by atoms with van der Waals surface area (Å²) in [6, 6.07) is 8.02. The van der Waals surface area contributed by atoms with E-state index in [-0.39, 0.29) is 0 Å². The highest BCUT2D eigenvalue weighted by Gasteiger charge is 2.20. The summed E-state index contributed by atoms with van der Waals surface area (Å²) in [5.74, 6) is 1.50. The van der Waals surface area contributed by atoms with Crippen LogP contribution in [0.3, 0.4) is 0 Å². The lowest BCUT2D eigenvalue weighted by atomic mass is 10.0. The van der Waals surface area contributed by atoms with Crippen molar-refractivity contribution < 1.29 is 14.6 Å². The van der Waals surface area contributed by atoms with Crippen LogP contribution in [-0.2, 0) is 0 Å². The second-order valence-corrected chi connectivity index (χ2v) is 5.48. The molecule has 2 rings (SSSR count). The van der Waals surface area contributed by atoms with Crippen LogP contribution in [0.1, 0.15) is 26.2 Å². The maximum atomic E-state index is 10.1. The van der Waals surface area contributed by atoms with Crippen LogP contribution in [0.4, 0.5) is 0 Å². The molecule has 112 valence electrons. The minimum atomic E-state index is -0.457. The molecule has 1 fully saturated rings. The first-order chi connectivity index (χ1) is 9.69. The van der Waals surface area contributed by atoms with Crippen molar-refractivity contribution in [2.75, 3.05) is 26.8 Å². The summed E-state index contributed by atoms with van der Waals surface area (Å²) in [5, 5.41) is 10.1. The first kappa shape index (κ1) is 15.1. The summed E-state index contributed by atoms with van der Waals surface area (Å²) >= 11 is 0. The average Bonchev–Trinajstić information content (AvgIpc) is 2.48. The number of methoxy groups -OCH3 is 1. The number of aliphatic hydroxyl groups is 1. The van der Waals surface area contributed by atoms with E-state index in [1.54, 1.807) is 7.11 Å². The van der Waals surface area contributed by atoms with E-state index in [0.29, 0.717) is 19.2 Å². The van der Waals surface area contributed by atoms with Crippen molar-refractivity contribution in [2.24, 2.45) is 0 Å². The number of piperidine rings is 1. The van der Waals surface area contributed by atoms with Gasteiger partial charge in [-0.05, 0) is 38.4 Å². The lowest BCUT2D eigenvalue weighted by Crippen LogP contribution is -2.43. The first-order valence-corrected chi connectivity index (χ1v) is 7.38. The zero-order chi connectivity index (χ0) is 14.4. The molecule has 0 aliphatic carbocycles. The number of β-amino-alcohol motifs (C(OH)–C–C–N with tert-alkyl or cyclic N) is 1. The van der Waals surface area contributed by atoms with Crippen LogP contribution >= 0.6 is 0 Å². The van der Waals surface area contributed by atoms with Crippen molar-refractivity contribution in [1.29, 1.82) is 0 Å². The molecule has 1 N–H and O–H groups in total. The third kappa shape index (κ3) is 4.39. The van der Waals surface area contributed by atoms with Crippen LogP contribution in [0.2, 0.25) is 0 Å². The summed E-state index contributed by atoms with van der Waals surface area (Å²) in [4.78, 5) is 2.35. The number of hydrogen-bond donors (Lipinski definition) is 1. The van der Waals surface area contributed by atoms with Crippen molar-refractivity contribution in [3.63, 3.8) is 0 Å². The predicted molar refractivity (Wildman–Crippen MR) is 79.4 cm³/mol. The van der Waals surface area contributed by atoms with Crippen molar-refractivity contribution in [2.45, 2.75) is 38.3 Å². The van der Waals surface area contributed by atoms with E-state index in [0.717, 1.165) is 18.0 Å². The molecule has 0 unspecified atom stereocenters. The Labute approximate surface area is 121 Å². The van der Waals surface area contributed by atoms with E-state index < -0.39 is 6.10 Å². The Balaban J connectivity index is 1.77. The van der Waals surface area contributed by atoms with Gasteiger partial charge in [-0.1, -0.05) is 12.5 Å². The molecule has 1 aromatic rings. The standard InChI is InChI=1S/C16H25NO3/c1-13-6-3-4-9-17(13)11-14(18)12-20-16-8-5-7-15(10-16)19-2/h5,7-8,10,13-14,18H,3-4,6,9,11-12H2,1-2H3/t13-,14+/m1/s1. The van der Waals surface area contributed by atoms with Crippen molar-refractivity contribution in [3.8, 4) is 11.5 Å². The smallest absolute Gasteiger partial charge is 0.123 e. The first-order valence-electron chi connectivity index (χ1n) is 7.38. The van der Waals surface area contributed by atoms with E-state index in [4.69, 9.17) is 9.47 Å². The molecule has 4 heteroatoms. The molecule has 2 atom stereocenters. The van der Waals surface area contributed by atoms with E-state index in [9.17, 15) is 5.11 Å². The zero-order valence-electron chi connectivity index (χ0n) is 12.4. The van der Waals surface area contributed by atoms with Crippen molar-refractivity contribution >= 4 is 0 Å². The van der Waals surface area contributed by atoms with Crippen LogP contribution in [0, 0.1) is 0 Å². The van der Waals surface area contributed by atoms with Crippen molar-refractivity contribution in [1.82, 2.24) is 4.90 Å². The highest BCUT2D eigenvalue weighted by Crippen LogP contribution is 2.20. The zero-order valence-corrected chi connectivity index (χ0v) is 12.4. The fourth-order valence-electron chi connectivity index (χ4n) is 2.64. The highest BCUT2D eigenvalue weighted by atomic mass is 16.5. The van der Waals surface area contributed by atoms with Gasteiger partial charge in [-0.25, -0.2) is 0 Å². The molecular formula is C16H25NO3. The van der Waals surface area contributed by atoms with Crippen LogP contribution in [0.15, 0.2) is 24.3 Å². The molecule has 0 amide bonds. The van der Waals surface area contributed by atoms with Gasteiger partial charge in [-0.2, -0.15) is 0 Å². The number of benzene rings is 1. The van der Waals surface area contributed by atoms with Crippen LogP contribution in [-0.4, -0.2) is 49.0 Å². The molecular weight excluding hydrogens is 254 g/mol. The van der Waals surface area contributed by atoms with E-state index in [1.165, 1.54) is 19.3 Å². The van der Waals surface area contributed by atoms with Gasteiger partial charge in [-0.15, -0.1) is 0 Å². The number of hydrogen-bond acceptors (Lipinski definition) is 4. The fraction of sp³-hybridized carbons (Fsp3) is 0.625. The summed E-state index contributed by atoms with van der Waals surface area (Å²) in [6.45, 7) is 4.31. The normalized spacial score (nSPS) is 21.4. The van der Waals surface area contributed by atoms with Gasteiger partial charge in [-0.3, -0.25) is 4.90 Å². The molecule has 4 nitrogen and oxygen atoms in total. The molecule has 0 radical (unpaired) electrons. The number of nitrogens with zero attached hydrogens (tertiary/aromatic N) is 1. The molecule has 0 aromatic heterocycles. The molecule has 1 aliphatic heterocycles. The molecule has 1 saturated heterocycles. The minimum absolute atomic E-state index is 0.316. The Morgan fingerprint density at radius 2 is 2.15 bits per heavy atom. The van der Waals surface area contributed by atoms with Crippen LogP contribution in [0.25, 0.3) is 0 Å². The minimum Gasteiger partial charge on any atom is -0.497 e. The lowest BCUT2D eigenvalue weighted by Gasteiger charge is -2.34. The number of likely N-dealkylation sites (tertiary alicyclic amines) is 1. The second kappa shape index (κ2) is 7.50. The Bertz CT molecular complexity index is 410. The van der Waals surface area contributed by atoms with Gasteiger partial charge in [0.05, 0.1) is 7.11 Å². The van der Waals surface area contributed by atoms with Gasteiger partial charge < -0.3 is 14.6 Å². The van der Waals surface area contributed by atoms with Gasteiger partial charge in [0.25, 0.3) is 0 Å². The van der Waals surface area contributed by atoms with E-state index >= 15 is 0 Å². The highest BCUT2D eigenvalue weighted by molar-refractivity contribution is 5.32. The Kier molecular flexibility index (Phi) is 5.68. The Morgan fingerprint density at radius 1 is 1.35 bits per heavy atom. The Hall–Kier alpha value is -1.26. The number of aliphatic hydroxyl groups excluding tert-OH is 1. The van der Waals surface area contributed by atoms with Crippen LogP contribution in [0.5, 0.6) is 11.5 Å². The molecule has 0 spiro atoms. The van der Waals surface area contributed by atoms with E-state index in [1.807, 2.05) is 24.3 Å². The SMILES string of the molecule is COc1cccc(OC[C@@H](O)CN2CCCC[C@H]2C)c1. The number of rotatable bonds is 6. The third-order valence-electron chi connectivity index (χ3n) is 3.87. The topological polar surface area (TPSA) is 41.9 Å². The molecule has 0 bridgehead atoms. The molecule has 20 heavy (non-hydrogen) atoms. The average molecular weight is 279 g/mol. The molecule has 1 aliphatic rings. The van der Waals surface area contributed by atoms with Gasteiger partial charge in [0, 0.05) is 18.7 Å². The monoisotopic (exact) mass is 279 g/mol. The summed E-state index contributed by atoms with van der Waals surface area (Å²) in [5.41, 5.74) is 0. The van der Waals surface area contributed by atoms with E-state index in [2.05, 4.69) is 11.8 Å². The number of ether oxygens (including phenoxy) is 2. The maximum Gasteiger partial charge on any atom is 0.123 e. The second-order valence-electron chi connectivity index (χ2n) is 5.48. The fourth-order valence-corrected chi connectivity index (χ4v) is 2.64. The van der Waals surface area contributed by atoms with Gasteiger partial charge in [0.15, 0.2) is 0 Å². The van der Waals surface area contributed by atoms with Gasteiger partial charge >= 0.3 is 0 Å². The summed E-state index contributed by atoms with van der Waals surface area (Å²) in [7, 11) is 1.63. The Morgan fingerprint density at radius 3 is 2.90 bits per heavy atom. The van der Waals surface area contributed by atoms with Crippen LogP contribution < -0.4 is 9.47 Å². The largest absolute Gasteiger partial charge is 0.497 e. The maximum absolute atomic E-state index is 10.1. The molecule has 1 aromatic carbocycles. The third-order valence-corrected chi connectivity index (χ3v) is 3.87. The van der Waals surface area contributed by atoms with Crippen molar-refractivity contribution in [3.05, 3.63) is 24.3 Å². The van der Waals surface area contributed by atoms with Gasteiger partial charge in [0.2, 0.25) is 0 Å². The predicted octanol–water partition coefficient (Wildman–Crippen LogP) is 2.31. The van der Waals surface area contributed by atoms with Gasteiger partial charge in [0.1, 0.15) is 24.2 Å². The lowest BCUT2D eigenvalue weighted by molar-refractivity contribution is 0.0437. The quantitative estimate of drug-likeness (QED) is 0.867. The summed E-state index contributed by atoms with van der Waals surface area (Å²) in [6.07, 6.45) is 3.30. The molecule has 0 saturated carbocycles. The molecule has 1 heterocycles.